The van der Waals surface area contributed by atoms with Gasteiger partial charge in [0.15, 0.2) is 0 Å². The molecule has 8 heteroatoms. The summed E-state index contributed by atoms with van der Waals surface area (Å²) in [7, 11) is 0. The van der Waals surface area contributed by atoms with Crippen molar-refractivity contribution in [1.82, 2.24) is 0 Å². The molecular formula is C12H26O8. The number of hydrogen-bond acceptors (Lipinski definition) is 7. The molecule has 0 heterocycles. The number of aliphatic carboxylic acids is 1. The highest BCUT2D eigenvalue weighted by atomic mass is 16.6. The predicted octanol–water partition coefficient (Wildman–Crippen LogP) is -0.872. The Bertz CT molecular complexity index is 170. The van der Waals surface area contributed by atoms with Crippen molar-refractivity contribution in [2.45, 2.75) is 6.92 Å². The first-order valence-electron chi connectivity index (χ1n) is 6.37. The van der Waals surface area contributed by atoms with Gasteiger partial charge in [-0.25, -0.2) is 0 Å². The summed E-state index contributed by atoms with van der Waals surface area (Å²) in [6, 6.07) is 0. The van der Waals surface area contributed by atoms with Crippen molar-refractivity contribution in [3.8, 4) is 0 Å². The van der Waals surface area contributed by atoms with Gasteiger partial charge < -0.3 is 34.3 Å². The molecule has 8 nitrogen and oxygen atoms in total. The third-order valence-corrected chi connectivity index (χ3v) is 1.59. The van der Waals surface area contributed by atoms with Crippen molar-refractivity contribution in [3.05, 3.63) is 0 Å². The lowest BCUT2D eigenvalue weighted by atomic mass is 10.7. The molecule has 0 fully saturated rings. The van der Waals surface area contributed by atoms with Gasteiger partial charge in [-0.15, -0.1) is 0 Å². The van der Waals surface area contributed by atoms with Crippen LogP contribution in [0.25, 0.3) is 0 Å². The molecule has 0 saturated heterocycles. The monoisotopic (exact) mass is 298 g/mol. The highest BCUT2D eigenvalue weighted by Crippen LogP contribution is 1.82. The average molecular weight is 298 g/mol. The number of ether oxygens (including phenoxy) is 4. The quantitative estimate of drug-likeness (QED) is 0.376. The number of rotatable bonds is 13. The van der Waals surface area contributed by atoms with Crippen molar-refractivity contribution in [2.75, 3.05) is 66.1 Å². The number of aliphatic hydroxyl groups is 2. The van der Waals surface area contributed by atoms with Crippen molar-refractivity contribution in [1.29, 1.82) is 0 Å². The topological polar surface area (TPSA) is 115 Å². The van der Waals surface area contributed by atoms with Gasteiger partial charge in [-0.05, 0) is 0 Å². The van der Waals surface area contributed by atoms with Gasteiger partial charge >= 0.3 is 0 Å². The molecule has 0 aromatic heterocycles. The standard InChI is InChI=1S/C10H22O6.C2H4O2/c11-1-3-13-5-7-15-9-10-16-8-6-14-4-2-12;1-2(3)4/h11-12H,1-10H2;1H3,(H,3,4). The highest BCUT2D eigenvalue weighted by molar-refractivity contribution is 5.62. The van der Waals surface area contributed by atoms with Gasteiger partial charge in [0, 0.05) is 6.92 Å². The number of aliphatic hydroxyl groups excluding tert-OH is 2. The summed E-state index contributed by atoms with van der Waals surface area (Å²) in [5.74, 6) is -0.833. The second kappa shape index (κ2) is 20.5. The molecule has 0 aliphatic carbocycles. The van der Waals surface area contributed by atoms with E-state index in [0.717, 1.165) is 6.92 Å². The molecule has 122 valence electrons. The lowest BCUT2D eigenvalue weighted by Gasteiger charge is -2.06. The summed E-state index contributed by atoms with van der Waals surface area (Å²) in [4.78, 5) is 9.00. The highest BCUT2D eigenvalue weighted by Gasteiger charge is 1.91. The van der Waals surface area contributed by atoms with Crippen LogP contribution in [0.1, 0.15) is 6.92 Å². The number of carboxylic acids is 1. The molecule has 0 saturated carbocycles. The predicted molar refractivity (Wildman–Crippen MR) is 70.8 cm³/mol. The van der Waals surface area contributed by atoms with Crippen molar-refractivity contribution >= 4 is 5.97 Å². The van der Waals surface area contributed by atoms with E-state index in [1.165, 1.54) is 0 Å². The van der Waals surface area contributed by atoms with Gasteiger partial charge in [-0.2, -0.15) is 0 Å². The fourth-order valence-corrected chi connectivity index (χ4v) is 0.891. The molecule has 0 aliphatic heterocycles. The van der Waals surface area contributed by atoms with Gasteiger partial charge in [0.1, 0.15) is 0 Å². The van der Waals surface area contributed by atoms with Gasteiger partial charge in [-0.3, -0.25) is 4.79 Å². The third kappa shape index (κ3) is 30.3. The average Bonchev–Trinajstić information content (AvgIpc) is 2.39. The molecule has 3 N–H and O–H groups in total. The second-order valence-corrected chi connectivity index (χ2v) is 3.42. The minimum absolute atomic E-state index is 0.0386. The summed E-state index contributed by atoms with van der Waals surface area (Å²) in [5.41, 5.74) is 0. The van der Waals surface area contributed by atoms with Crippen molar-refractivity contribution < 1.29 is 39.1 Å². The Kier molecular flexibility index (Phi) is 22.1. The first-order valence-corrected chi connectivity index (χ1v) is 6.37. The molecule has 0 amide bonds. The zero-order chi connectivity index (χ0) is 15.5. The molecule has 0 unspecified atom stereocenters. The lowest BCUT2D eigenvalue weighted by molar-refractivity contribution is -0.134. The van der Waals surface area contributed by atoms with E-state index < -0.39 is 5.97 Å². The third-order valence-electron chi connectivity index (χ3n) is 1.59. The lowest BCUT2D eigenvalue weighted by Crippen LogP contribution is -2.13. The largest absolute Gasteiger partial charge is 0.481 e. The van der Waals surface area contributed by atoms with Crippen LogP contribution in [0, 0.1) is 0 Å². The first-order chi connectivity index (χ1) is 9.65. The Balaban J connectivity index is 0. The zero-order valence-electron chi connectivity index (χ0n) is 12.0. The van der Waals surface area contributed by atoms with E-state index in [4.69, 9.17) is 39.1 Å². The maximum absolute atomic E-state index is 9.00. The fraction of sp³-hybridized carbons (Fsp3) is 0.917. The van der Waals surface area contributed by atoms with Gasteiger partial charge in [0.05, 0.1) is 66.1 Å². The molecule has 0 aliphatic rings. The fourth-order valence-electron chi connectivity index (χ4n) is 0.891. The van der Waals surface area contributed by atoms with Crippen LogP contribution >= 0.6 is 0 Å². The van der Waals surface area contributed by atoms with Crippen molar-refractivity contribution in [3.63, 3.8) is 0 Å². The zero-order valence-corrected chi connectivity index (χ0v) is 12.0. The Morgan fingerprint density at radius 2 is 0.900 bits per heavy atom. The minimum Gasteiger partial charge on any atom is -0.481 e. The van der Waals surface area contributed by atoms with E-state index in [9.17, 15) is 0 Å². The molecule has 0 aromatic carbocycles. The molecular weight excluding hydrogens is 272 g/mol. The first kappa shape index (κ1) is 21.5. The maximum atomic E-state index is 9.00. The van der Waals surface area contributed by atoms with E-state index >= 15 is 0 Å². The van der Waals surface area contributed by atoms with Crippen LogP contribution in [0.5, 0.6) is 0 Å². The van der Waals surface area contributed by atoms with E-state index in [-0.39, 0.29) is 13.2 Å². The molecule has 0 atom stereocenters. The van der Waals surface area contributed by atoms with E-state index in [1.807, 2.05) is 0 Å². The smallest absolute Gasteiger partial charge is 0.300 e. The second-order valence-electron chi connectivity index (χ2n) is 3.42. The van der Waals surface area contributed by atoms with Gasteiger partial charge in [0.2, 0.25) is 0 Å². The summed E-state index contributed by atoms with van der Waals surface area (Å²) < 4.78 is 20.4. The van der Waals surface area contributed by atoms with Crippen LogP contribution in [0.4, 0.5) is 0 Å². The molecule has 0 aromatic rings. The van der Waals surface area contributed by atoms with Crippen LogP contribution in [-0.2, 0) is 23.7 Å². The number of carbonyl (C=O) groups is 1. The molecule has 0 rings (SSSR count). The summed E-state index contributed by atoms with van der Waals surface area (Å²) in [6.07, 6.45) is 0. The van der Waals surface area contributed by atoms with Crippen LogP contribution in [0.3, 0.4) is 0 Å². The van der Waals surface area contributed by atoms with Crippen LogP contribution in [0.2, 0.25) is 0 Å². The normalized spacial score (nSPS) is 9.95. The Hall–Kier alpha value is -0.770. The van der Waals surface area contributed by atoms with Crippen LogP contribution in [-0.4, -0.2) is 87.4 Å². The number of hydrogen-bond donors (Lipinski definition) is 3. The molecule has 0 bridgehead atoms. The van der Waals surface area contributed by atoms with E-state index in [0.29, 0.717) is 52.9 Å². The van der Waals surface area contributed by atoms with E-state index in [2.05, 4.69) is 0 Å². The summed E-state index contributed by atoms with van der Waals surface area (Å²) in [5, 5.41) is 24.2. The SMILES string of the molecule is CC(=O)O.OCCOCCOCCOCCOCCO. The van der Waals surface area contributed by atoms with Crippen LogP contribution < -0.4 is 0 Å². The maximum Gasteiger partial charge on any atom is 0.300 e. The van der Waals surface area contributed by atoms with Crippen LogP contribution in [0.15, 0.2) is 0 Å². The Morgan fingerprint density at radius 1 is 0.700 bits per heavy atom. The Morgan fingerprint density at radius 3 is 1.10 bits per heavy atom. The summed E-state index contributed by atoms with van der Waals surface area (Å²) >= 11 is 0. The number of carboxylic acid groups (broad SMARTS) is 1. The molecule has 20 heavy (non-hydrogen) atoms. The molecule has 0 spiro atoms. The van der Waals surface area contributed by atoms with Gasteiger partial charge in [-0.1, -0.05) is 0 Å². The Labute approximate surface area is 119 Å². The summed E-state index contributed by atoms with van der Waals surface area (Å²) in [6.45, 7) is 4.87. The van der Waals surface area contributed by atoms with E-state index in [1.54, 1.807) is 0 Å². The van der Waals surface area contributed by atoms with Crippen molar-refractivity contribution in [2.24, 2.45) is 0 Å². The molecule has 0 radical (unpaired) electrons. The van der Waals surface area contributed by atoms with Gasteiger partial charge in [0.25, 0.3) is 5.97 Å². The minimum atomic E-state index is -0.833.